The highest BCUT2D eigenvalue weighted by atomic mass is 16.5. The van der Waals surface area contributed by atoms with Crippen LogP contribution in [0.25, 0.3) is 33.3 Å². The fourth-order valence-corrected chi connectivity index (χ4v) is 3.09. The van der Waals surface area contributed by atoms with Crippen molar-refractivity contribution < 1.29 is 4.74 Å². The molecular weight excluding hydrogens is 282 g/mol. The molecule has 0 amide bonds. The maximum absolute atomic E-state index is 5.54. The van der Waals surface area contributed by atoms with E-state index >= 15 is 0 Å². The smallest absolute Gasteiger partial charge is 0.142 e. The molecule has 1 N–H and O–H groups in total. The lowest BCUT2D eigenvalue weighted by atomic mass is 9.98. The topological polar surface area (TPSA) is 25.0 Å². The second-order valence-corrected chi connectivity index (χ2v) is 5.49. The van der Waals surface area contributed by atoms with Gasteiger partial charge in [-0.1, -0.05) is 72.8 Å². The Balaban J connectivity index is 2.09. The van der Waals surface area contributed by atoms with E-state index in [1.807, 2.05) is 24.3 Å². The van der Waals surface area contributed by atoms with Crippen LogP contribution in [0.1, 0.15) is 0 Å². The van der Waals surface area contributed by atoms with E-state index in [0.717, 1.165) is 17.0 Å². The van der Waals surface area contributed by atoms with Gasteiger partial charge in [-0.2, -0.15) is 0 Å². The van der Waals surface area contributed by atoms with Gasteiger partial charge in [0.1, 0.15) is 5.75 Å². The lowest BCUT2D eigenvalue weighted by Gasteiger charge is -2.05. The monoisotopic (exact) mass is 299 g/mol. The molecule has 1 heterocycles. The Kier molecular flexibility index (Phi) is 3.35. The zero-order valence-corrected chi connectivity index (χ0v) is 12.9. The first-order valence-electron chi connectivity index (χ1n) is 7.68. The summed E-state index contributed by atoms with van der Waals surface area (Å²) in [6.45, 7) is 0. The molecule has 0 bridgehead atoms. The summed E-state index contributed by atoms with van der Waals surface area (Å²) in [7, 11) is 1.71. The van der Waals surface area contributed by atoms with Crippen LogP contribution in [0.5, 0.6) is 5.75 Å². The van der Waals surface area contributed by atoms with E-state index in [1.54, 1.807) is 7.11 Å². The van der Waals surface area contributed by atoms with Crippen LogP contribution in [0.4, 0.5) is 0 Å². The molecule has 3 aromatic carbocycles. The molecule has 2 heteroatoms. The minimum atomic E-state index is 0.863. The Bertz CT molecular complexity index is 940. The molecule has 4 rings (SSSR count). The highest BCUT2D eigenvalue weighted by Crippen LogP contribution is 2.40. The number of rotatable bonds is 3. The number of methoxy groups -OCH3 is 1. The summed E-state index contributed by atoms with van der Waals surface area (Å²) in [6.07, 6.45) is 0. The van der Waals surface area contributed by atoms with E-state index in [0.29, 0.717) is 0 Å². The first-order chi connectivity index (χ1) is 11.4. The van der Waals surface area contributed by atoms with E-state index in [4.69, 9.17) is 4.74 Å². The van der Waals surface area contributed by atoms with Gasteiger partial charge >= 0.3 is 0 Å². The molecule has 112 valence electrons. The van der Waals surface area contributed by atoms with Gasteiger partial charge in [-0.3, -0.25) is 0 Å². The first kappa shape index (κ1) is 13.6. The number of aromatic nitrogens is 1. The van der Waals surface area contributed by atoms with Gasteiger partial charge in [0, 0.05) is 10.9 Å². The number of ether oxygens (including phenoxy) is 1. The van der Waals surface area contributed by atoms with Crippen LogP contribution in [-0.4, -0.2) is 12.1 Å². The minimum Gasteiger partial charge on any atom is -0.495 e. The SMILES string of the molecule is COc1cccc2c(-c3ccccc3)c(-c3ccccc3)[nH]c12. The van der Waals surface area contributed by atoms with Crippen molar-refractivity contribution >= 4 is 10.9 Å². The number of hydrogen-bond acceptors (Lipinski definition) is 1. The Morgan fingerprint density at radius 3 is 2.00 bits per heavy atom. The standard InChI is InChI=1S/C21H17NO/c1-23-18-14-8-13-17-19(15-9-4-2-5-10-15)20(22-21(17)18)16-11-6-3-7-12-16/h2-14,22H,1H3. The Morgan fingerprint density at radius 2 is 1.35 bits per heavy atom. The van der Waals surface area contributed by atoms with Crippen LogP contribution in [-0.2, 0) is 0 Å². The van der Waals surface area contributed by atoms with Crippen LogP contribution in [0, 0.1) is 0 Å². The molecule has 2 nitrogen and oxygen atoms in total. The molecule has 0 aliphatic rings. The van der Waals surface area contributed by atoms with E-state index in [2.05, 4.69) is 59.6 Å². The van der Waals surface area contributed by atoms with Crippen molar-refractivity contribution in [3.05, 3.63) is 78.9 Å². The summed E-state index contributed by atoms with van der Waals surface area (Å²) in [5.74, 6) is 0.863. The number of nitrogens with one attached hydrogen (secondary N) is 1. The molecule has 4 aromatic rings. The molecule has 0 fully saturated rings. The minimum absolute atomic E-state index is 0.863. The van der Waals surface area contributed by atoms with Crippen molar-refractivity contribution in [3.8, 4) is 28.1 Å². The van der Waals surface area contributed by atoms with Gasteiger partial charge in [0.2, 0.25) is 0 Å². The summed E-state index contributed by atoms with van der Waals surface area (Å²) < 4.78 is 5.54. The summed E-state index contributed by atoms with van der Waals surface area (Å²) >= 11 is 0. The highest BCUT2D eigenvalue weighted by Gasteiger charge is 2.16. The van der Waals surface area contributed by atoms with Gasteiger partial charge in [0.05, 0.1) is 18.3 Å². The molecule has 0 aliphatic carbocycles. The van der Waals surface area contributed by atoms with E-state index in [1.165, 1.54) is 22.1 Å². The fourth-order valence-electron chi connectivity index (χ4n) is 3.09. The van der Waals surface area contributed by atoms with Crippen LogP contribution in [0.3, 0.4) is 0 Å². The third kappa shape index (κ3) is 2.29. The number of hydrogen-bond donors (Lipinski definition) is 1. The van der Waals surface area contributed by atoms with Gasteiger partial charge in [-0.25, -0.2) is 0 Å². The van der Waals surface area contributed by atoms with Crippen molar-refractivity contribution in [3.63, 3.8) is 0 Å². The van der Waals surface area contributed by atoms with Gasteiger partial charge < -0.3 is 9.72 Å². The van der Waals surface area contributed by atoms with Crippen molar-refractivity contribution in [2.75, 3.05) is 7.11 Å². The van der Waals surface area contributed by atoms with E-state index in [9.17, 15) is 0 Å². The molecule has 23 heavy (non-hydrogen) atoms. The molecular formula is C21H17NO. The number of aromatic amines is 1. The predicted molar refractivity (Wildman–Crippen MR) is 95.7 cm³/mol. The van der Waals surface area contributed by atoms with Gasteiger partial charge in [-0.15, -0.1) is 0 Å². The van der Waals surface area contributed by atoms with E-state index in [-0.39, 0.29) is 0 Å². The van der Waals surface area contributed by atoms with Crippen molar-refractivity contribution in [1.82, 2.24) is 4.98 Å². The molecule has 0 saturated carbocycles. The maximum atomic E-state index is 5.54. The molecule has 0 unspecified atom stereocenters. The summed E-state index contributed by atoms with van der Waals surface area (Å²) in [4.78, 5) is 3.57. The number of H-pyrrole nitrogens is 1. The second kappa shape index (κ2) is 5.65. The lowest BCUT2D eigenvalue weighted by Crippen LogP contribution is -1.83. The third-order valence-corrected chi connectivity index (χ3v) is 4.14. The quantitative estimate of drug-likeness (QED) is 0.530. The van der Waals surface area contributed by atoms with Crippen molar-refractivity contribution in [2.24, 2.45) is 0 Å². The zero-order chi connectivity index (χ0) is 15.6. The Labute approximate surface area is 135 Å². The van der Waals surface area contributed by atoms with Crippen LogP contribution < -0.4 is 4.74 Å². The summed E-state index contributed by atoms with van der Waals surface area (Å²) in [5.41, 5.74) is 5.74. The number of para-hydroxylation sites is 1. The largest absolute Gasteiger partial charge is 0.495 e. The predicted octanol–water partition coefficient (Wildman–Crippen LogP) is 5.51. The Hall–Kier alpha value is -3.00. The average Bonchev–Trinajstić information content (AvgIpc) is 3.02. The van der Waals surface area contributed by atoms with Crippen LogP contribution in [0.2, 0.25) is 0 Å². The normalized spacial score (nSPS) is 10.8. The molecule has 1 aromatic heterocycles. The molecule has 0 saturated heterocycles. The first-order valence-corrected chi connectivity index (χ1v) is 7.68. The molecule has 0 aliphatic heterocycles. The number of benzene rings is 3. The third-order valence-electron chi connectivity index (χ3n) is 4.14. The maximum Gasteiger partial charge on any atom is 0.142 e. The highest BCUT2D eigenvalue weighted by molar-refractivity contribution is 6.05. The zero-order valence-electron chi connectivity index (χ0n) is 12.9. The van der Waals surface area contributed by atoms with E-state index < -0.39 is 0 Å². The van der Waals surface area contributed by atoms with Crippen molar-refractivity contribution in [2.45, 2.75) is 0 Å². The summed E-state index contributed by atoms with van der Waals surface area (Å²) in [6, 6.07) is 27.1. The molecule has 0 spiro atoms. The van der Waals surface area contributed by atoms with Gasteiger partial charge in [0.15, 0.2) is 0 Å². The number of fused-ring (bicyclic) bond motifs is 1. The Morgan fingerprint density at radius 1 is 0.696 bits per heavy atom. The van der Waals surface area contributed by atoms with Gasteiger partial charge in [-0.05, 0) is 17.2 Å². The van der Waals surface area contributed by atoms with Gasteiger partial charge in [0.25, 0.3) is 0 Å². The second-order valence-electron chi connectivity index (χ2n) is 5.49. The summed E-state index contributed by atoms with van der Waals surface area (Å²) in [5, 5.41) is 1.18. The fraction of sp³-hybridized carbons (Fsp3) is 0.0476. The molecule has 0 atom stereocenters. The van der Waals surface area contributed by atoms with Crippen LogP contribution in [0.15, 0.2) is 78.9 Å². The average molecular weight is 299 g/mol. The van der Waals surface area contributed by atoms with Crippen molar-refractivity contribution in [1.29, 1.82) is 0 Å². The molecule has 0 radical (unpaired) electrons. The van der Waals surface area contributed by atoms with Crippen LogP contribution >= 0.6 is 0 Å². The lowest BCUT2D eigenvalue weighted by molar-refractivity contribution is 0.419.